The molecule has 0 aliphatic carbocycles. The van der Waals surface area contributed by atoms with Gasteiger partial charge < -0.3 is 10.1 Å². The van der Waals surface area contributed by atoms with Crippen molar-refractivity contribution >= 4 is 35.1 Å². The van der Waals surface area contributed by atoms with Crippen molar-refractivity contribution in [3.8, 4) is 0 Å². The quantitative estimate of drug-likeness (QED) is 0.490. The van der Waals surface area contributed by atoms with Crippen LogP contribution >= 0.6 is 0 Å². The predicted octanol–water partition coefficient (Wildman–Crippen LogP) is 3.73. The number of carbonyl (C=O) groups excluding carboxylic acids is 4. The van der Waals surface area contributed by atoms with E-state index in [1.807, 2.05) is 0 Å². The van der Waals surface area contributed by atoms with Crippen LogP contribution in [0.2, 0.25) is 0 Å². The molecule has 4 rings (SSSR count). The maximum Gasteiger partial charge on any atom is 0.338 e. The van der Waals surface area contributed by atoms with Crippen LogP contribution < -0.4 is 10.2 Å². The predicted molar refractivity (Wildman–Crippen MR) is 114 cm³/mol. The highest BCUT2D eigenvalue weighted by atomic mass is 19.1. The fraction of sp³-hybridized carbons (Fsp3) is 0.0833. The highest BCUT2D eigenvalue weighted by Gasteiger charge is 2.36. The summed E-state index contributed by atoms with van der Waals surface area (Å²) >= 11 is 0. The van der Waals surface area contributed by atoms with Crippen LogP contribution in [0.4, 0.5) is 15.8 Å². The largest absolute Gasteiger partial charge is 0.452 e. The van der Waals surface area contributed by atoms with Crippen LogP contribution in [0.15, 0.2) is 66.7 Å². The van der Waals surface area contributed by atoms with Crippen molar-refractivity contribution in [3.63, 3.8) is 0 Å². The van der Waals surface area contributed by atoms with Gasteiger partial charge in [0.15, 0.2) is 6.61 Å². The number of nitrogens with one attached hydrogen (secondary N) is 1. The number of hydrogen-bond donors (Lipinski definition) is 1. The number of aryl methyl sites for hydroxylation is 1. The maximum atomic E-state index is 13.6. The summed E-state index contributed by atoms with van der Waals surface area (Å²) in [7, 11) is 0. The van der Waals surface area contributed by atoms with Crippen LogP contribution in [0.3, 0.4) is 0 Å². The zero-order chi connectivity index (χ0) is 22.8. The van der Waals surface area contributed by atoms with E-state index in [1.54, 1.807) is 31.2 Å². The molecule has 0 fully saturated rings. The van der Waals surface area contributed by atoms with Crippen molar-refractivity contribution < 1.29 is 28.3 Å². The number of fused-ring (bicyclic) bond motifs is 1. The summed E-state index contributed by atoms with van der Waals surface area (Å²) in [6, 6.07) is 16.5. The van der Waals surface area contributed by atoms with E-state index in [-0.39, 0.29) is 28.1 Å². The van der Waals surface area contributed by atoms with Gasteiger partial charge >= 0.3 is 5.97 Å². The Morgan fingerprint density at radius 3 is 2.28 bits per heavy atom. The van der Waals surface area contributed by atoms with E-state index in [1.165, 1.54) is 42.5 Å². The number of imide groups is 1. The van der Waals surface area contributed by atoms with Crippen LogP contribution in [0.5, 0.6) is 0 Å². The zero-order valence-corrected chi connectivity index (χ0v) is 16.9. The summed E-state index contributed by atoms with van der Waals surface area (Å²) in [5, 5.41) is 2.44. The lowest BCUT2D eigenvalue weighted by Crippen LogP contribution is -2.29. The number of anilines is 2. The average Bonchev–Trinajstić information content (AvgIpc) is 3.05. The first-order chi connectivity index (χ1) is 15.3. The van der Waals surface area contributed by atoms with Gasteiger partial charge in [-0.2, -0.15) is 0 Å². The number of benzene rings is 3. The van der Waals surface area contributed by atoms with Gasteiger partial charge in [-0.1, -0.05) is 24.3 Å². The molecule has 0 radical (unpaired) electrons. The molecule has 0 spiro atoms. The number of ether oxygens (including phenoxy) is 1. The fourth-order valence-corrected chi connectivity index (χ4v) is 3.28. The summed E-state index contributed by atoms with van der Waals surface area (Å²) in [6.07, 6.45) is 0. The molecule has 0 aromatic heterocycles. The summed E-state index contributed by atoms with van der Waals surface area (Å²) in [5.41, 5.74) is 1.52. The molecule has 8 heteroatoms. The first-order valence-electron chi connectivity index (χ1n) is 9.66. The standard InChI is InChI=1S/C24H17FN2O5/c1-14-9-10-16(12-20(14)25)26-21(28)13-32-24(31)15-5-4-6-17(11-15)27-22(29)18-7-2-3-8-19(18)23(27)30/h2-12H,13H2,1H3,(H,26,28). The second kappa shape index (κ2) is 8.43. The lowest BCUT2D eigenvalue weighted by molar-refractivity contribution is -0.119. The Morgan fingerprint density at radius 1 is 0.938 bits per heavy atom. The molecule has 1 N–H and O–H groups in total. The molecule has 1 heterocycles. The number of carbonyl (C=O) groups is 4. The minimum atomic E-state index is -0.811. The number of nitrogens with zero attached hydrogens (tertiary/aromatic N) is 1. The van der Waals surface area contributed by atoms with Gasteiger partial charge in [0, 0.05) is 5.69 Å². The van der Waals surface area contributed by atoms with E-state index in [4.69, 9.17) is 4.74 Å². The average molecular weight is 432 g/mol. The number of hydrogen-bond acceptors (Lipinski definition) is 5. The Labute approximate surface area is 182 Å². The van der Waals surface area contributed by atoms with Gasteiger partial charge in [-0.3, -0.25) is 14.4 Å². The third-order valence-corrected chi connectivity index (χ3v) is 4.92. The van der Waals surface area contributed by atoms with Gasteiger partial charge in [-0.05, 0) is 55.0 Å². The molecule has 3 aromatic carbocycles. The minimum Gasteiger partial charge on any atom is -0.452 e. The van der Waals surface area contributed by atoms with Crippen LogP contribution in [0, 0.1) is 12.7 Å². The Bertz CT molecular complexity index is 1240. The molecule has 1 aliphatic heterocycles. The van der Waals surface area contributed by atoms with Gasteiger partial charge in [0.1, 0.15) is 5.82 Å². The molecule has 160 valence electrons. The molecular weight excluding hydrogens is 415 g/mol. The van der Waals surface area contributed by atoms with Gasteiger partial charge in [-0.15, -0.1) is 0 Å². The summed E-state index contributed by atoms with van der Waals surface area (Å²) in [5.74, 6) is -2.89. The fourth-order valence-electron chi connectivity index (χ4n) is 3.28. The second-order valence-corrected chi connectivity index (χ2v) is 7.13. The van der Waals surface area contributed by atoms with Crippen molar-refractivity contribution in [2.24, 2.45) is 0 Å². The number of esters is 1. The van der Waals surface area contributed by atoms with Crippen LogP contribution in [0.25, 0.3) is 0 Å². The van der Waals surface area contributed by atoms with Crippen LogP contribution in [-0.2, 0) is 9.53 Å². The molecule has 7 nitrogen and oxygen atoms in total. The minimum absolute atomic E-state index is 0.0632. The Morgan fingerprint density at radius 2 is 1.62 bits per heavy atom. The second-order valence-electron chi connectivity index (χ2n) is 7.13. The lowest BCUT2D eigenvalue weighted by atomic mass is 10.1. The van der Waals surface area contributed by atoms with Crippen LogP contribution in [-0.4, -0.2) is 30.3 Å². The third-order valence-electron chi connectivity index (χ3n) is 4.92. The van der Waals surface area contributed by atoms with Crippen molar-refractivity contribution in [2.45, 2.75) is 6.92 Å². The molecule has 0 unspecified atom stereocenters. The Hall–Kier alpha value is -4.33. The van der Waals surface area contributed by atoms with Gasteiger partial charge in [0.05, 0.1) is 22.4 Å². The number of rotatable bonds is 5. The summed E-state index contributed by atoms with van der Waals surface area (Å²) < 4.78 is 18.6. The summed E-state index contributed by atoms with van der Waals surface area (Å²) in [6.45, 7) is 1.00. The normalized spacial score (nSPS) is 12.5. The topological polar surface area (TPSA) is 92.8 Å². The molecule has 0 bridgehead atoms. The molecule has 1 aliphatic rings. The van der Waals surface area contributed by atoms with Gasteiger partial charge in [0.25, 0.3) is 17.7 Å². The van der Waals surface area contributed by atoms with E-state index in [0.29, 0.717) is 5.56 Å². The molecule has 32 heavy (non-hydrogen) atoms. The smallest absolute Gasteiger partial charge is 0.338 e. The number of halogens is 1. The van der Waals surface area contributed by atoms with E-state index in [2.05, 4.69) is 5.32 Å². The highest BCUT2D eigenvalue weighted by Crippen LogP contribution is 2.28. The third kappa shape index (κ3) is 3.98. The first kappa shape index (κ1) is 20.9. The van der Waals surface area contributed by atoms with Gasteiger partial charge in [0.2, 0.25) is 0 Å². The Balaban J connectivity index is 1.43. The maximum absolute atomic E-state index is 13.6. The molecule has 3 aromatic rings. The monoisotopic (exact) mass is 432 g/mol. The SMILES string of the molecule is Cc1ccc(NC(=O)COC(=O)c2cccc(N3C(=O)c4ccccc4C3=O)c2)cc1F. The van der Waals surface area contributed by atoms with Gasteiger partial charge in [-0.25, -0.2) is 14.1 Å². The van der Waals surface area contributed by atoms with E-state index in [9.17, 15) is 23.6 Å². The van der Waals surface area contributed by atoms with Crippen molar-refractivity contribution in [2.75, 3.05) is 16.8 Å². The molecule has 0 saturated heterocycles. The summed E-state index contributed by atoms with van der Waals surface area (Å²) in [4.78, 5) is 50.7. The van der Waals surface area contributed by atoms with E-state index in [0.717, 1.165) is 4.90 Å². The van der Waals surface area contributed by atoms with Crippen molar-refractivity contribution in [3.05, 3.63) is 94.8 Å². The van der Waals surface area contributed by atoms with Crippen molar-refractivity contribution in [1.82, 2.24) is 0 Å². The van der Waals surface area contributed by atoms with Crippen molar-refractivity contribution in [1.29, 1.82) is 0 Å². The Kier molecular flexibility index (Phi) is 5.51. The molecular formula is C24H17FN2O5. The number of amides is 3. The zero-order valence-electron chi connectivity index (χ0n) is 16.9. The lowest BCUT2D eigenvalue weighted by Gasteiger charge is -2.15. The first-order valence-corrected chi connectivity index (χ1v) is 9.66. The van der Waals surface area contributed by atoms with E-state index >= 15 is 0 Å². The molecule has 0 atom stereocenters. The highest BCUT2D eigenvalue weighted by molar-refractivity contribution is 6.34. The molecule has 3 amide bonds. The van der Waals surface area contributed by atoms with Crippen LogP contribution in [0.1, 0.15) is 36.6 Å². The van der Waals surface area contributed by atoms with E-state index < -0.39 is 36.1 Å². The molecule has 0 saturated carbocycles.